The highest BCUT2D eigenvalue weighted by molar-refractivity contribution is 5.71. The monoisotopic (exact) mass is 933 g/mol. The van der Waals surface area contributed by atoms with E-state index in [0.717, 1.165) is 116 Å². The molecule has 1 unspecified atom stereocenters. The smallest absolute Gasteiger partial charge is 0.306 e. The predicted molar refractivity (Wildman–Crippen MR) is 288 cm³/mol. The summed E-state index contributed by atoms with van der Waals surface area (Å²) in [6.07, 6.45) is 71.8. The zero-order chi connectivity index (χ0) is 48.6. The van der Waals surface area contributed by atoms with Crippen LogP contribution in [-0.2, 0) is 28.6 Å². The first-order valence-corrected chi connectivity index (χ1v) is 28.1. The lowest BCUT2D eigenvalue weighted by Crippen LogP contribution is -2.30. The van der Waals surface area contributed by atoms with Crippen molar-refractivity contribution >= 4 is 17.9 Å². The number of ether oxygens (including phenoxy) is 3. The fraction of sp³-hybridized carbons (Fsp3) is 0.721. The summed E-state index contributed by atoms with van der Waals surface area (Å²) in [5.74, 6) is -0.910. The molecule has 0 aromatic heterocycles. The summed E-state index contributed by atoms with van der Waals surface area (Å²) in [4.78, 5) is 37.8. The molecule has 0 amide bonds. The quantitative estimate of drug-likeness (QED) is 0.0262. The van der Waals surface area contributed by atoms with E-state index in [2.05, 4.69) is 106 Å². The Morgan fingerprint density at radius 2 is 0.582 bits per heavy atom. The maximum Gasteiger partial charge on any atom is 0.306 e. The molecule has 0 saturated carbocycles. The molecule has 0 heterocycles. The van der Waals surface area contributed by atoms with Crippen molar-refractivity contribution in [3.05, 3.63) is 85.1 Å². The summed E-state index contributed by atoms with van der Waals surface area (Å²) < 4.78 is 16.7. The Morgan fingerprint density at radius 3 is 0.925 bits per heavy atom. The van der Waals surface area contributed by atoms with E-state index in [4.69, 9.17) is 14.2 Å². The molecule has 0 radical (unpaired) electrons. The average Bonchev–Trinajstić information content (AvgIpc) is 3.33. The van der Waals surface area contributed by atoms with E-state index < -0.39 is 6.10 Å². The minimum Gasteiger partial charge on any atom is -0.462 e. The van der Waals surface area contributed by atoms with Crippen LogP contribution in [0, 0.1) is 0 Å². The van der Waals surface area contributed by atoms with Gasteiger partial charge in [-0.15, -0.1) is 0 Å². The van der Waals surface area contributed by atoms with E-state index in [1.54, 1.807) is 0 Å². The molecule has 0 aliphatic carbocycles. The largest absolute Gasteiger partial charge is 0.462 e. The van der Waals surface area contributed by atoms with Crippen LogP contribution in [0.25, 0.3) is 0 Å². The number of hydrogen-bond acceptors (Lipinski definition) is 6. The van der Waals surface area contributed by atoms with E-state index in [-0.39, 0.29) is 31.1 Å². The fourth-order valence-corrected chi connectivity index (χ4v) is 7.68. The highest BCUT2D eigenvalue weighted by Gasteiger charge is 2.19. The van der Waals surface area contributed by atoms with Crippen LogP contribution in [0.3, 0.4) is 0 Å². The molecule has 0 aliphatic heterocycles. The van der Waals surface area contributed by atoms with Crippen molar-refractivity contribution in [2.45, 2.75) is 271 Å². The highest BCUT2D eigenvalue weighted by Crippen LogP contribution is 2.15. The van der Waals surface area contributed by atoms with Gasteiger partial charge in [-0.3, -0.25) is 14.4 Å². The maximum absolute atomic E-state index is 12.8. The second-order valence-corrected chi connectivity index (χ2v) is 18.5. The molecule has 0 aliphatic rings. The number of carbonyl (C=O) groups excluding carboxylic acids is 3. The summed E-state index contributed by atoms with van der Waals surface area (Å²) in [5.41, 5.74) is 0. The molecular weight excluding hydrogens is 829 g/mol. The molecule has 0 aromatic carbocycles. The van der Waals surface area contributed by atoms with Crippen molar-refractivity contribution in [3.8, 4) is 0 Å². The van der Waals surface area contributed by atoms with Gasteiger partial charge < -0.3 is 14.2 Å². The van der Waals surface area contributed by atoms with Gasteiger partial charge >= 0.3 is 17.9 Å². The first-order valence-electron chi connectivity index (χ1n) is 28.1. The van der Waals surface area contributed by atoms with Crippen LogP contribution in [0.4, 0.5) is 0 Å². The number of rotatable bonds is 50. The molecule has 6 heteroatoms. The van der Waals surface area contributed by atoms with Gasteiger partial charge in [-0.25, -0.2) is 0 Å². The molecule has 0 bridgehead atoms. The van der Waals surface area contributed by atoms with Crippen molar-refractivity contribution in [2.75, 3.05) is 13.2 Å². The van der Waals surface area contributed by atoms with Crippen LogP contribution in [-0.4, -0.2) is 37.2 Å². The molecule has 6 nitrogen and oxygen atoms in total. The third-order valence-electron chi connectivity index (χ3n) is 11.9. The first-order chi connectivity index (χ1) is 33.0. The third-order valence-corrected chi connectivity index (χ3v) is 11.9. The molecule has 1 atom stereocenters. The average molecular weight is 933 g/mol. The summed E-state index contributed by atoms with van der Waals surface area (Å²) in [6.45, 7) is 6.43. The van der Waals surface area contributed by atoms with Crippen LogP contribution in [0.15, 0.2) is 85.1 Å². The second kappa shape index (κ2) is 55.2. The summed E-state index contributed by atoms with van der Waals surface area (Å²) in [6, 6.07) is 0. The van der Waals surface area contributed by atoms with Crippen molar-refractivity contribution in [1.82, 2.24) is 0 Å². The van der Waals surface area contributed by atoms with Crippen LogP contribution in [0.1, 0.15) is 265 Å². The van der Waals surface area contributed by atoms with Crippen molar-refractivity contribution < 1.29 is 28.6 Å². The van der Waals surface area contributed by atoms with Gasteiger partial charge in [0.05, 0.1) is 0 Å². The van der Waals surface area contributed by atoms with Crippen molar-refractivity contribution in [3.63, 3.8) is 0 Å². The lowest BCUT2D eigenvalue weighted by molar-refractivity contribution is -0.167. The molecule has 0 rings (SSSR count). The Morgan fingerprint density at radius 1 is 0.313 bits per heavy atom. The lowest BCUT2D eigenvalue weighted by atomic mass is 10.1. The van der Waals surface area contributed by atoms with E-state index in [1.807, 2.05) is 0 Å². The van der Waals surface area contributed by atoms with Gasteiger partial charge in [0.15, 0.2) is 6.10 Å². The number of esters is 3. The highest BCUT2D eigenvalue weighted by atomic mass is 16.6. The zero-order valence-electron chi connectivity index (χ0n) is 43.9. The van der Waals surface area contributed by atoms with Crippen LogP contribution in [0.5, 0.6) is 0 Å². The third kappa shape index (κ3) is 53.4. The Hall–Kier alpha value is -3.41. The number of hydrogen-bond donors (Lipinski definition) is 0. The summed E-state index contributed by atoms with van der Waals surface area (Å²) in [7, 11) is 0. The summed E-state index contributed by atoms with van der Waals surface area (Å²) in [5, 5.41) is 0. The normalized spacial score (nSPS) is 12.7. The van der Waals surface area contributed by atoms with E-state index in [9.17, 15) is 14.4 Å². The zero-order valence-corrected chi connectivity index (χ0v) is 43.9. The fourth-order valence-electron chi connectivity index (χ4n) is 7.68. The van der Waals surface area contributed by atoms with Gasteiger partial charge in [-0.1, -0.05) is 234 Å². The molecule has 0 fully saturated rings. The van der Waals surface area contributed by atoms with E-state index in [1.165, 1.54) is 109 Å². The van der Waals surface area contributed by atoms with Crippen LogP contribution in [0.2, 0.25) is 0 Å². The topological polar surface area (TPSA) is 78.9 Å². The van der Waals surface area contributed by atoms with Crippen molar-refractivity contribution in [2.24, 2.45) is 0 Å². The number of unbranched alkanes of at least 4 members (excludes halogenated alkanes) is 25. The van der Waals surface area contributed by atoms with E-state index >= 15 is 0 Å². The molecule has 0 aromatic rings. The molecular formula is C61H104O6. The van der Waals surface area contributed by atoms with Crippen molar-refractivity contribution in [1.29, 1.82) is 0 Å². The van der Waals surface area contributed by atoms with Gasteiger partial charge in [0.2, 0.25) is 0 Å². The Balaban J connectivity index is 4.16. The van der Waals surface area contributed by atoms with Gasteiger partial charge in [-0.05, 0) is 96.3 Å². The van der Waals surface area contributed by atoms with Gasteiger partial charge in [0, 0.05) is 19.3 Å². The van der Waals surface area contributed by atoms with Gasteiger partial charge in [-0.2, -0.15) is 0 Å². The number of carbonyl (C=O) groups is 3. The second-order valence-electron chi connectivity index (χ2n) is 18.5. The molecule has 0 N–H and O–H groups in total. The van der Waals surface area contributed by atoms with Gasteiger partial charge in [0.1, 0.15) is 13.2 Å². The molecule has 0 saturated heterocycles. The van der Waals surface area contributed by atoms with Crippen LogP contribution < -0.4 is 0 Å². The van der Waals surface area contributed by atoms with Gasteiger partial charge in [0.25, 0.3) is 0 Å². The maximum atomic E-state index is 12.8. The predicted octanol–water partition coefficient (Wildman–Crippen LogP) is 18.8. The first kappa shape index (κ1) is 63.6. The molecule has 0 spiro atoms. The number of allylic oxidation sites excluding steroid dienone is 14. The standard InChI is InChI=1S/C61H104O6/c1-4-7-10-13-15-17-19-21-23-25-27-28-29-30-31-32-34-35-37-39-41-43-45-48-51-54-60(63)66-57-58(56-65-59(62)53-50-47-12-9-6-3)67-61(64)55-52-49-46-44-42-40-38-36-33-26-24-22-20-18-16-14-11-8-5-2/h7,10,15,17,21-24,27-28,30-31,34-35,58H,4-6,8-9,11-14,16,18-20,25-26,29,32-33,36-57H2,1-3H3/b10-7-,17-15-,23-21-,24-22-,28-27-,31-30-,35-34-. The Kier molecular flexibility index (Phi) is 52.4. The van der Waals surface area contributed by atoms with E-state index in [0.29, 0.717) is 19.3 Å². The minimum absolute atomic E-state index is 0.0825. The van der Waals surface area contributed by atoms with Crippen LogP contribution >= 0.6 is 0 Å². The summed E-state index contributed by atoms with van der Waals surface area (Å²) >= 11 is 0. The molecule has 384 valence electrons. The Labute approximate surface area is 414 Å². The SMILES string of the molecule is CC/C=C\C/C=C\C/C=C\C/C=C\C/C=C\C/C=C\CCCCCCCCC(=O)OCC(COC(=O)CCCCCCC)OC(=O)CCCCCCCCCCC/C=C\CCCCCCCC. The Bertz CT molecular complexity index is 1300. The molecule has 67 heavy (non-hydrogen) atoms. The minimum atomic E-state index is -0.780. The lowest BCUT2D eigenvalue weighted by Gasteiger charge is -2.18.